The maximum atomic E-state index is 12.8. The predicted molar refractivity (Wildman–Crippen MR) is 115 cm³/mol. The second-order valence-electron chi connectivity index (χ2n) is 7.43. The molecule has 0 saturated carbocycles. The van der Waals surface area contributed by atoms with Crippen LogP contribution in [0.15, 0.2) is 42.7 Å². The number of hydrogen-bond donors (Lipinski definition) is 1. The first-order chi connectivity index (χ1) is 14.6. The zero-order chi connectivity index (χ0) is 22.6. The monoisotopic (exact) mass is 471 g/mol. The molecule has 5 nitrogen and oxygen atoms in total. The average molecular weight is 472 g/mol. The molecule has 3 aromatic rings. The van der Waals surface area contributed by atoms with E-state index in [0.717, 1.165) is 41.9 Å². The van der Waals surface area contributed by atoms with Crippen molar-refractivity contribution in [2.45, 2.75) is 39.4 Å². The molecule has 0 spiro atoms. The zero-order valence-electron chi connectivity index (χ0n) is 16.9. The van der Waals surface area contributed by atoms with E-state index in [1.165, 1.54) is 18.3 Å². The lowest BCUT2D eigenvalue weighted by Crippen LogP contribution is -2.18. The molecule has 0 aliphatic rings. The highest BCUT2D eigenvalue weighted by atomic mass is 35.5. The van der Waals surface area contributed by atoms with Crippen molar-refractivity contribution in [2.24, 2.45) is 5.92 Å². The van der Waals surface area contributed by atoms with E-state index in [9.17, 15) is 18.0 Å². The summed E-state index contributed by atoms with van der Waals surface area (Å²) in [5.41, 5.74) is 0.913. The number of nitrogens with zero attached hydrogens (tertiary/aromatic N) is 2. The van der Waals surface area contributed by atoms with Crippen LogP contribution in [0.3, 0.4) is 0 Å². The molecule has 166 valence electrons. The Labute approximate surface area is 186 Å². The number of benzene rings is 1. The van der Waals surface area contributed by atoms with Gasteiger partial charge in [0, 0.05) is 12.3 Å². The molecule has 3 rings (SSSR count). The number of amides is 1. The maximum absolute atomic E-state index is 12.8. The van der Waals surface area contributed by atoms with Crippen LogP contribution in [0.2, 0.25) is 4.34 Å². The molecule has 1 aromatic carbocycles. The molecule has 0 atom stereocenters. The highest BCUT2D eigenvalue weighted by Crippen LogP contribution is 2.30. The standard InChI is InChI=1S/C21H21ClF3N3O2S/c1-13(2)3-4-15-9-18(30-20(29)27-19-26-10-17(22)31-19)28(12-15)11-14-5-7-16(8-6-14)21(23,24)25/h5-10,12-13H,3-4,11H2,1-2H3,(H,26,27,29). The number of aromatic nitrogens is 2. The third kappa shape index (κ3) is 6.73. The van der Waals surface area contributed by atoms with Gasteiger partial charge in [-0.15, -0.1) is 0 Å². The highest BCUT2D eigenvalue weighted by molar-refractivity contribution is 7.19. The third-order valence-corrected chi connectivity index (χ3v) is 5.47. The van der Waals surface area contributed by atoms with E-state index >= 15 is 0 Å². The normalized spacial score (nSPS) is 11.7. The van der Waals surface area contributed by atoms with Gasteiger partial charge in [-0.2, -0.15) is 13.2 Å². The maximum Gasteiger partial charge on any atom is 0.420 e. The molecule has 10 heteroatoms. The Bertz CT molecular complexity index is 1030. The summed E-state index contributed by atoms with van der Waals surface area (Å²) in [6.07, 6.45) is -0.109. The third-order valence-electron chi connectivity index (χ3n) is 4.44. The van der Waals surface area contributed by atoms with Crippen molar-refractivity contribution in [1.29, 1.82) is 0 Å². The van der Waals surface area contributed by atoms with Crippen LogP contribution in [0.25, 0.3) is 0 Å². The Hall–Kier alpha value is -2.52. The molecule has 0 radical (unpaired) electrons. The molecule has 1 amide bonds. The molecule has 0 aliphatic heterocycles. The van der Waals surface area contributed by atoms with Crippen LogP contribution in [-0.2, 0) is 19.1 Å². The lowest BCUT2D eigenvalue weighted by Gasteiger charge is -2.11. The summed E-state index contributed by atoms with van der Waals surface area (Å²) in [5, 5.41) is 2.81. The largest absolute Gasteiger partial charge is 0.420 e. The molecule has 2 aromatic heterocycles. The smallest absolute Gasteiger partial charge is 0.393 e. The number of hydrogen-bond acceptors (Lipinski definition) is 4. The predicted octanol–water partition coefficient (Wildman–Crippen LogP) is 6.86. The van der Waals surface area contributed by atoms with Gasteiger partial charge in [-0.25, -0.2) is 9.78 Å². The Balaban J connectivity index is 1.77. The number of carbonyl (C=O) groups is 1. The van der Waals surface area contributed by atoms with Crippen molar-refractivity contribution in [3.8, 4) is 5.88 Å². The van der Waals surface area contributed by atoms with Gasteiger partial charge < -0.3 is 9.30 Å². The van der Waals surface area contributed by atoms with Crippen molar-refractivity contribution in [2.75, 3.05) is 5.32 Å². The van der Waals surface area contributed by atoms with E-state index in [4.69, 9.17) is 16.3 Å². The van der Waals surface area contributed by atoms with E-state index in [0.29, 0.717) is 26.8 Å². The summed E-state index contributed by atoms with van der Waals surface area (Å²) < 4.78 is 46.0. The number of rotatable bonds is 7. The Morgan fingerprint density at radius 2 is 1.97 bits per heavy atom. The van der Waals surface area contributed by atoms with E-state index in [-0.39, 0.29) is 6.54 Å². The summed E-state index contributed by atoms with van der Waals surface area (Å²) in [6, 6.07) is 6.67. The summed E-state index contributed by atoms with van der Waals surface area (Å²) >= 11 is 6.91. The van der Waals surface area contributed by atoms with Gasteiger partial charge in [0.2, 0.25) is 5.88 Å². The van der Waals surface area contributed by atoms with Crippen LogP contribution in [0.5, 0.6) is 5.88 Å². The number of alkyl halides is 3. The van der Waals surface area contributed by atoms with Crippen LogP contribution in [0, 0.1) is 5.92 Å². The second kappa shape index (κ2) is 9.74. The van der Waals surface area contributed by atoms with Gasteiger partial charge in [0.1, 0.15) is 4.34 Å². The summed E-state index contributed by atoms with van der Waals surface area (Å²) in [4.78, 5) is 16.2. The number of halogens is 4. The lowest BCUT2D eigenvalue weighted by molar-refractivity contribution is -0.137. The number of ether oxygens (including phenoxy) is 1. The fourth-order valence-electron chi connectivity index (χ4n) is 2.86. The van der Waals surface area contributed by atoms with Crippen LogP contribution < -0.4 is 10.1 Å². The SMILES string of the molecule is CC(C)CCc1cc(OC(=O)Nc2ncc(Cl)s2)n(Cc2ccc(C(F)(F)F)cc2)c1. The molecule has 0 saturated heterocycles. The minimum atomic E-state index is -4.39. The molecule has 31 heavy (non-hydrogen) atoms. The fourth-order valence-corrected chi connectivity index (χ4v) is 3.66. The van der Waals surface area contributed by atoms with Crippen molar-refractivity contribution in [3.05, 3.63) is 63.8 Å². The second-order valence-corrected chi connectivity index (χ2v) is 9.09. The van der Waals surface area contributed by atoms with E-state index < -0.39 is 17.8 Å². The van der Waals surface area contributed by atoms with Gasteiger partial charge in [0.25, 0.3) is 0 Å². The van der Waals surface area contributed by atoms with Gasteiger partial charge in [-0.1, -0.05) is 48.9 Å². The molecule has 1 N–H and O–H groups in total. The average Bonchev–Trinajstić information content (AvgIpc) is 3.25. The zero-order valence-corrected chi connectivity index (χ0v) is 18.4. The summed E-state index contributed by atoms with van der Waals surface area (Å²) in [5.74, 6) is 0.791. The Morgan fingerprint density at radius 3 is 2.55 bits per heavy atom. The van der Waals surface area contributed by atoms with Gasteiger partial charge in [0.15, 0.2) is 5.13 Å². The van der Waals surface area contributed by atoms with E-state index in [1.54, 1.807) is 10.6 Å². The highest BCUT2D eigenvalue weighted by Gasteiger charge is 2.30. The van der Waals surface area contributed by atoms with Gasteiger partial charge >= 0.3 is 12.3 Å². The van der Waals surface area contributed by atoms with Gasteiger partial charge in [-0.3, -0.25) is 5.32 Å². The van der Waals surface area contributed by atoms with Crippen molar-refractivity contribution < 1.29 is 22.7 Å². The fraction of sp³-hybridized carbons (Fsp3) is 0.333. The van der Waals surface area contributed by atoms with Crippen LogP contribution in [0.1, 0.15) is 37.0 Å². The Kier molecular flexibility index (Phi) is 7.27. The van der Waals surface area contributed by atoms with Crippen molar-refractivity contribution >= 4 is 34.2 Å². The minimum Gasteiger partial charge on any atom is -0.393 e. The number of thiazole rings is 1. The topological polar surface area (TPSA) is 56.1 Å². The van der Waals surface area contributed by atoms with Crippen LogP contribution in [-0.4, -0.2) is 15.6 Å². The first-order valence-corrected chi connectivity index (χ1v) is 10.7. The molecule has 0 aliphatic carbocycles. The van der Waals surface area contributed by atoms with Crippen molar-refractivity contribution in [3.63, 3.8) is 0 Å². The molecule has 2 heterocycles. The molecular formula is C21H21ClF3N3O2S. The minimum absolute atomic E-state index is 0.255. The van der Waals surface area contributed by atoms with E-state index in [1.807, 2.05) is 6.20 Å². The first-order valence-electron chi connectivity index (χ1n) is 9.55. The lowest BCUT2D eigenvalue weighted by atomic mass is 10.1. The van der Waals surface area contributed by atoms with Crippen molar-refractivity contribution in [1.82, 2.24) is 9.55 Å². The Morgan fingerprint density at radius 1 is 1.26 bits per heavy atom. The molecule has 0 fully saturated rings. The molecule has 0 bridgehead atoms. The van der Waals surface area contributed by atoms with Crippen LogP contribution >= 0.6 is 22.9 Å². The summed E-state index contributed by atoms with van der Waals surface area (Å²) in [7, 11) is 0. The quantitative estimate of drug-likeness (QED) is 0.409. The molecular weight excluding hydrogens is 451 g/mol. The molecule has 0 unspecified atom stereocenters. The van der Waals surface area contributed by atoms with Gasteiger partial charge in [-0.05, 0) is 42.0 Å². The number of anilines is 1. The number of aryl methyl sites for hydroxylation is 1. The van der Waals surface area contributed by atoms with Gasteiger partial charge in [0.05, 0.1) is 18.3 Å². The number of carbonyl (C=O) groups excluding carboxylic acids is 1. The number of nitrogens with one attached hydrogen (secondary N) is 1. The van der Waals surface area contributed by atoms with E-state index in [2.05, 4.69) is 24.1 Å². The van der Waals surface area contributed by atoms with Crippen LogP contribution in [0.4, 0.5) is 23.1 Å². The summed E-state index contributed by atoms with van der Waals surface area (Å²) in [6.45, 7) is 4.48. The first kappa shape index (κ1) is 23.1.